The predicted molar refractivity (Wildman–Crippen MR) is 71.7 cm³/mol. The molecule has 2 aromatic carbocycles. The maximum atomic E-state index is 12.9. The Hall–Kier alpha value is -2.15. The lowest BCUT2D eigenvalue weighted by atomic mass is 10.2. The van der Waals surface area contributed by atoms with Crippen molar-refractivity contribution in [2.75, 3.05) is 5.73 Å². The molecule has 0 unspecified atom stereocenters. The summed E-state index contributed by atoms with van der Waals surface area (Å²) >= 11 is 3.14. The van der Waals surface area contributed by atoms with Gasteiger partial charge < -0.3 is 10.5 Å². The minimum Gasteiger partial charge on any atom is -0.456 e. The van der Waals surface area contributed by atoms with Crippen molar-refractivity contribution in [3.8, 4) is 11.5 Å². The highest BCUT2D eigenvalue weighted by atomic mass is 79.9. The summed E-state index contributed by atoms with van der Waals surface area (Å²) in [6, 6.07) is 7.78. The number of nitro benzene ring substituents is 1. The smallest absolute Gasteiger partial charge is 0.275 e. The monoisotopic (exact) mass is 326 g/mol. The van der Waals surface area contributed by atoms with Crippen LogP contribution in [0.5, 0.6) is 11.5 Å². The zero-order chi connectivity index (χ0) is 14.0. The van der Waals surface area contributed by atoms with Crippen LogP contribution >= 0.6 is 15.9 Å². The van der Waals surface area contributed by atoms with Crippen molar-refractivity contribution in [3.63, 3.8) is 0 Å². The van der Waals surface area contributed by atoms with Gasteiger partial charge in [-0.25, -0.2) is 4.39 Å². The van der Waals surface area contributed by atoms with Crippen LogP contribution in [0.3, 0.4) is 0 Å². The number of hydrogen-bond acceptors (Lipinski definition) is 4. The van der Waals surface area contributed by atoms with E-state index in [2.05, 4.69) is 15.9 Å². The summed E-state index contributed by atoms with van der Waals surface area (Å²) < 4.78 is 18.8. The van der Waals surface area contributed by atoms with E-state index in [-0.39, 0.29) is 17.1 Å². The van der Waals surface area contributed by atoms with Crippen LogP contribution in [0.2, 0.25) is 0 Å². The second-order valence-corrected chi connectivity index (χ2v) is 4.55. The molecule has 0 bridgehead atoms. The summed E-state index contributed by atoms with van der Waals surface area (Å²) in [4.78, 5) is 10.1. The first-order valence-electron chi connectivity index (χ1n) is 5.13. The lowest BCUT2D eigenvalue weighted by Gasteiger charge is -2.08. The maximum Gasteiger partial charge on any atom is 0.275 e. The summed E-state index contributed by atoms with van der Waals surface area (Å²) in [6.45, 7) is 0. The van der Waals surface area contributed by atoms with E-state index >= 15 is 0 Å². The van der Waals surface area contributed by atoms with Gasteiger partial charge in [-0.3, -0.25) is 10.1 Å². The average molecular weight is 327 g/mol. The van der Waals surface area contributed by atoms with Crippen LogP contribution in [0.25, 0.3) is 0 Å². The van der Waals surface area contributed by atoms with Gasteiger partial charge >= 0.3 is 0 Å². The molecule has 0 atom stereocenters. The molecule has 0 radical (unpaired) electrons. The quantitative estimate of drug-likeness (QED) is 0.527. The number of ether oxygens (including phenoxy) is 1. The lowest BCUT2D eigenvalue weighted by Crippen LogP contribution is -1.94. The zero-order valence-electron chi connectivity index (χ0n) is 9.47. The number of rotatable bonds is 3. The van der Waals surface area contributed by atoms with Crippen molar-refractivity contribution in [1.82, 2.24) is 0 Å². The van der Waals surface area contributed by atoms with Gasteiger partial charge in [-0.05, 0) is 34.1 Å². The zero-order valence-corrected chi connectivity index (χ0v) is 11.1. The normalized spacial score (nSPS) is 10.2. The highest BCUT2D eigenvalue weighted by Gasteiger charge is 2.11. The summed E-state index contributed by atoms with van der Waals surface area (Å²) in [5, 5.41) is 10.7. The van der Waals surface area contributed by atoms with Crippen LogP contribution in [-0.2, 0) is 0 Å². The van der Waals surface area contributed by atoms with Gasteiger partial charge in [-0.1, -0.05) is 0 Å². The van der Waals surface area contributed by atoms with Crippen molar-refractivity contribution in [2.45, 2.75) is 0 Å². The fourth-order valence-electron chi connectivity index (χ4n) is 1.46. The van der Waals surface area contributed by atoms with Crippen molar-refractivity contribution in [1.29, 1.82) is 0 Å². The SMILES string of the molecule is Nc1cc(Oc2ccc(F)cc2Br)cc([N+](=O)[O-])c1. The van der Waals surface area contributed by atoms with Crippen molar-refractivity contribution in [2.24, 2.45) is 0 Å². The molecule has 7 heteroatoms. The van der Waals surface area contributed by atoms with Crippen LogP contribution < -0.4 is 10.5 Å². The van der Waals surface area contributed by atoms with Gasteiger partial charge in [-0.2, -0.15) is 0 Å². The fourth-order valence-corrected chi connectivity index (χ4v) is 1.89. The first-order chi connectivity index (χ1) is 8.95. The Morgan fingerprint density at radius 3 is 2.63 bits per heavy atom. The molecule has 0 heterocycles. The van der Waals surface area contributed by atoms with Gasteiger partial charge in [0.15, 0.2) is 0 Å². The van der Waals surface area contributed by atoms with Crippen molar-refractivity contribution >= 4 is 27.3 Å². The van der Waals surface area contributed by atoms with Crippen LogP contribution in [0.15, 0.2) is 40.9 Å². The van der Waals surface area contributed by atoms with Crippen LogP contribution in [0.4, 0.5) is 15.8 Å². The van der Waals surface area contributed by atoms with Crippen LogP contribution in [0.1, 0.15) is 0 Å². The maximum absolute atomic E-state index is 12.9. The minimum atomic E-state index is -0.567. The van der Waals surface area contributed by atoms with E-state index in [1.807, 2.05) is 0 Å². The molecule has 0 aliphatic heterocycles. The Morgan fingerprint density at radius 1 is 1.26 bits per heavy atom. The highest BCUT2D eigenvalue weighted by Crippen LogP contribution is 2.33. The Morgan fingerprint density at radius 2 is 2.00 bits per heavy atom. The molecule has 0 aliphatic rings. The molecule has 0 saturated carbocycles. The molecule has 5 nitrogen and oxygen atoms in total. The summed E-state index contributed by atoms with van der Waals surface area (Å²) in [7, 11) is 0. The third-order valence-electron chi connectivity index (χ3n) is 2.25. The molecule has 19 heavy (non-hydrogen) atoms. The van der Waals surface area contributed by atoms with Gasteiger partial charge in [-0.15, -0.1) is 0 Å². The van der Waals surface area contributed by atoms with Crippen LogP contribution in [0, 0.1) is 15.9 Å². The lowest BCUT2D eigenvalue weighted by molar-refractivity contribution is -0.384. The van der Waals surface area contributed by atoms with Crippen molar-refractivity contribution in [3.05, 3.63) is 56.8 Å². The third kappa shape index (κ3) is 3.19. The standard InChI is InChI=1S/C12H8BrFN2O3/c13-11-3-7(14)1-2-12(11)19-10-5-8(15)4-9(6-10)16(17)18/h1-6H,15H2. The Bertz CT molecular complexity index is 649. The van der Waals surface area contributed by atoms with E-state index in [1.165, 1.54) is 36.4 Å². The second-order valence-electron chi connectivity index (χ2n) is 3.69. The van der Waals surface area contributed by atoms with E-state index in [1.54, 1.807) is 0 Å². The minimum absolute atomic E-state index is 0.173. The molecule has 2 aromatic rings. The van der Waals surface area contributed by atoms with Crippen LogP contribution in [-0.4, -0.2) is 4.92 Å². The number of benzene rings is 2. The van der Waals surface area contributed by atoms with Gasteiger partial charge in [0.1, 0.15) is 17.3 Å². The number of halogens is 2. The van der Waals surface area contributed by atoms with E-state index < -0.39 is 10.7 Å². The summed E-state index contributed by atoms with van der Waals surface area (Å²) in [5.41, 5.74) is 5.59. The predicted octanol–water partition coefficient (Wildman–Crippen LogP) is 3.87. The summed E-state index contributed by atoms with van der Waals surface area (Å²) in [5.74, 6) is 0.123. The molecular weight excluding hydrogens is 319 g/mol. The molecule has 0 amide bonds. The van der Waals surface area contributed by atoms with Gasteiger partial charge in [0, 0.05) is 17.8 Å². The molecule has 0 fully saturated rings. The Kier molecular flexibility index (Phi) is 3.66. The number of anilines is 1. The number of nitrogens with two attached hydrogens (primary N) is 1. The average Bonchev–Trinajstić information content (AvgIpc) is 2.32. The Labute approximate surface area is 116 Å². The molecule has 0 aromatic heterocycles. The molecule has 98 valence electrons. The van der Waals surface area contributed by atoms with E-state index in [0.29, 0.717) is 10.2 Å². The molecular formula is C12H8BrFN2O3. The number of nitrogen functional groups attached to an aromatic ring is 1. The van der Waals surface area contributed by atoms with Gasteiger partial charge in [0.2, 0.25) is 0 Å². The topological polar surface area (TPSA) is 78.4 Å². The molecule has 2 N–H and O–H groups in total. The first kappa shape index (κ1) is 13.3. The highest BCUT2D eigenvalue weighted by molar-refractivity contribution is 9.10. The van der Waals surface area contributed by atoms with Gasteiger partial charge in [0.05, 0.1) is 15.5 Å². The van der Waals surface area contributed by atoms with E-state index in [4.69, 9.17) is 10.5 Å². The molecule has 0 spiro atoms. The van der Waals surface area contributed by atoms with E-state index in [0.717, 1.165) is 0 Å². The number of hydrogen-bond donors (Lipinski definition) is 1. The molecule has 2 rings (SSSR count). The third-order valence-corrected chi connectivity index (χ3v) is 2.87. The Balaban J connectivity index is 2.35. The number of nitro groups is 1. The number of non-ortho nitro benzene ring substituents is 1. The molecule has 0 aliphatic carbocycles. The van der Waals surface area contributed by atoms with Crippen molar-refractivity contribution < 1.29 is 14.1 Å². The first-order valence-corrected chi connectivity index (χ1v) is 5.93. The van der Waals surface area contributed by atoms with E-state index in [9.17, 15) is 14.5 Å². The number of nitrogens with zero attached hydrogens (tertiary/aromatic N) is 1. The summed E-state index contributed by atoms with van der Waals surface area (Å²) in [6.07, 6.45) is 0. The second kappa shape index (κ2) is 5.23. The van der Waals surface area contributed by atoms with Gasteiger partial charge in [0.25, 0.3) is 5.69 Å². The molecule has 0 saturated heterocycles. The largest absolute Gasteiger partial charge is 0.456 e. The fraction of sp³-hybridized carbons (Fsp3) is 0.